The summed E-state index contributed by atoms with van der Waals surface area (Å²) in [6.45, 7) is 4.55. The third-order valence-electron chi connectivity index (χ3n) is 2.99. The van der Waals surface area contributed by atoms with Gasteiger partial charge >= 0.3 is 0 Å². The quantitative estimate of drug-likeness (QED) is 0.816. The largest absolute Gasteiger partial charge is 0.306 e. The molecule has 1 fully saturated rings. The minimum atomic E-state index is -2.92. The van der Waals surface area contributed by atoms with Gasteiger partial charge in [0.05, 0.1) is 5.75 Å². The van der Waals surface area contributed by atoms with Crippen LogP contribution in [-0.4, -0.2) is 37.8 Å². The van der Waals surface area contributed by atoms with E-state index < -0.39 is 9.84 Å². The van der Waals surface area contributed by atoms with Crippen molar-refractivity contribution in [3.05, 3.63) is 11.5 Å². The second-order valence-corrected chi connectivity index (χ2v) is 8.47. The molecule has 0 aromatic carbocycles. The monoisotopic (exact) mass is 261 g/mol. The van der Waals surface area contributed by atoms with E-state index in [-0.39, 0.29) is 11.8 Å². The SMILES string of the molecule is CC1(C)CSCC(NC2C=CS(=O)(=O)C2)C1. The van der Waals surface area contributed by atoms with Crippen LogP contribution in [0, 0.1) is 5.41 Å². The fourth-order valence-electron chi connectivity index (χ4n) is 2.35. The van der Waals surface area contributed by atoms with Crippen molar-refractivity contribution >= 4 is 21.6 Å². The van der Waals surface area contributed by atoms with Crippen molar-refractivity contribution in [2.45, 2.75) is 32.4 Å². The van der Waals surface area contributed by atoms with Crippen molar-refractivity contribution in [2.75, 3.05) is 17.3 Å². The minimum Gasteiger partial charge on any atom is -0.306 e. The third-order valence-corrected chi connectivity index (χ3v) is 6.01. The van der Waals surface area contributed by atoms with E-state index in [1.807, 2.05) is 11.8 Å². The van der Waals surface area contributed by atoms with E-state index in [9.17, 15) is 8.42 Å². The summed E-state index contributed by atoms with van der Waals surface area (Å²) in [5, 5.41) is 4.78. The van der Waals surface area contributed by atoms with E-state index in [1.54, 1.807) is 6.08 Å². The van der Waals surface area contributed by atoms with Gasteiger partial charge in [-0.05, 0) is 17.6 Å². The van der Waals surface area contributed by atoms with Crippen molar-refractivity contribution in [3.8, 4) is 0 Å². The Balaban J connectivity index is 1.89. The summed E-state index contributed by atoms with van der Waals surface area (Å²) in [5.41, 5.74) is 0.363. The van der Waals surface area contributed by atoms with Gasteiger partial charge in [0.15, 0.2) is 9.84 Å². The fourth-order valence-corrected chi connectivity index (χ4v) is 4.89. The van der Waals surface area contributed by atoms with Crippen LogP contribution in [0.5, 0.6) is 0 Å². The first-order valence-corrected chi connectivity index (χ1v) is 8.48. The van der Waals surface area contributed by atoms with Crippen molar-refractivity contribution < 1.29 is 8.42 Å². The average Bonchev–Trinajstić information content (AvgIpc) is 2.43. The molecule has 2 aliphatic rings. The predicted octanol–water partition coefficient (Wildman–Crippen LogP) is 1.42. The van der Waals surface area contributed by atoms with Gasteiger partial charge in [0, 0.05) is 23.2 Å². The Morgan fingerprint density at radius 3 is 2.75 bits per heavy atom. The molecule has 2 heterocycles. The van der Waals surface area contributed by atoms with Gasteiger partial charge in [-0.15, -0.1) is 0 Å². The highest BCUT2D eigenvalue weighted by Gasteiger charge is 2.31. The van der Waals surface area contributed by atoms with Gasteiger partial charge < -0.3 is 5.32 Å². The highest BCUT2D eigenvalue weighted by Crippen LogP contribution is 2.33. The lowest BCUT2D eigenvalue weighted by molar-refractivity contribution is 0.313. The van der Waals surface area contributed by atoms with E-state index in [4.69, 9.17) is 0 Å². The highest BCUT2D eigenvalue weighted by molar-refractivity contribution is 7.99. The Labute approximate surface area is 102 Å². The van der Waals surface area contributed by atoms with Crippen LogP contribution < -0.4 is 5.32 Å². The van der Waals surface area contributed by atoms with Crippen molar-refractivity contribution in [2.24, 2.45) is 5.41 Å². The van der Waals surface area contributed by atoms with E-state index in [1.165, 1.54) is 11.2 Å². The lowest BCUT2D eigenvalue weighted by atomic mass is 9.87. The topological polar surface area (TPSA) is 46.2 Å². The second-order valence-electron chi connectivity index (χ2n) is 5.51. The number of thioether (sulfide) groups is 1. The first-order valence-electron chi connectivity index (χ1n) is 5.61. The lowest BCUT2D eigenvalue weighted by Gasteiger charge is -2.36. The molecule has 0 bridgehead atoms. The average molecular weight is 261 g/mol. The molecule has 0 aromatic heterocycles. The first kappa shape index (κ1) is 12.5. The summed E-state index contributed by atoms with van der Waals surface area (Å²) in [7, 11) is -2.92. The van der Waals surface area contributed by atoms with Crippen LogP contribution in [0.3, 0.4) is 0 Å². The number of sulfone groups is 1. The fraction of sp³-hybridized carbons (Fsp3) is 0.818. The zero-order valence-electron chi connectivity index (χ0n) is 9.77. The van der Waals surface area contributed by atoms with Crippen molar-refractivity contribution in [3.63, 3.8) is 0 Å². The van der Waals surface area contributed by atoms with E-state index in [2.05, 4.69) is 19.2 Å². The number of hydrogen-bond acceptors (Lipinski definition) is 4. The normalized spacial score (nSPS) is 36.4. The predicted molar refractivity (Wildman–Crippen MR) is 69.4 cm³/mol. The van der Waals surface area contributed by atoms with Gasteiger partial charge in [-0.1, -0.05) is 19.9 Å². The maximum atomic E-state index is 11.3. The van der Waals surface area contributed by atoms with E-state index in [0.717, 1.165) is 12.2 Å². The summed E-state index contributed by atoms with van der Waals surface area (Å²) in [6.07, 6.45) is 2.91. The van der Waals surface area contributed by atoms with Crippen LogP contribution in [-0.2, 0) is 9.84 Å². The number of hydrogen-bond donors (Lipinski definition) is 1. The van der Waals surface area contributed by atoms with Crippen molar-refractivity contribution in [1.82, 2.24) is 5.32 Å². The summed E-state index contributed by atoms with van der Waals surface area (Å²) in [5.74, 6) is 2.52. The molecule has 92 valence electrons. The maximum Gasteiger partial charge on any atom is 0.173 e. The van der Waals surface area contributed by atoms with Crippen LogP contribution in [0.15, 0.2) is 11.5 Å². The lowest BCUT2D eigenvalue weighted by Crippen LogP contribution is -2.45. The molecule has 1 N–H and O–H groups in total. The zero-order valence-corrected chi connectivity index (χ0v) is 11.4. The van der Waals surface area contributed by atoms with Gasteiger partial charge in [-0.3, -0.25) is 0 Å². The molecule has 0 spiro atoms. The van der Waals surface area contributed by atoms with E-state index in [0.29, 0.717) is 11.5 Å². The Hall–Kier alpha value is -0.0000000000000000555. The molecular weight excluding hydrogens is 242 g/mol. The maximum absolute atomic E-state index is 11.3. The number of nitrogens with one attached hydrogen (secondary N) is 1. The molecule has 0 aliphatic carbocycles. The second kappa shape index (κ2) is 4.35. The van der Waals surface area contributed by atoms with Gasteiger partial charge in [0.25, 0.3) is 0 Å². The molecule has 1 saturated heterocycles. The molecule has 0 saturated carbocycles. The summed E-state index contributed by atoms with van der Waals surface area (Å²) in [6, 6.07) is 0.459. The molecule has 3 nitrogen and oxygen atoms in total. The molecule has 2 unspecified atom stereocenters. The Bertz CT molecular complexity index is 387. The molecule has 2 rings (SSSR count). The molecular formula is C11H19NO2S2. The van der Waals surface area contributed by atoms with E-state index >= 15 is 0 Å². The summed E-state index contributed by atoms with van der Waals surface area (Å²) < 4.78 is 22.6. The van der Waals surface area contributed by atoms with Gasteiger partial charge in [-0.25, -0.2) is 8.42 Å². The molecule has 16 heavy (non-hydrogen) atoms. The smallest absolute Gasteiger partial charge is 0.173 e. The first-order chi connectivity index (χ1) is 7.36. The zero-order chi connectivity index (χ0) is 11.8. The Morgan fingerprint density at radius 2 is 2.19 bits per heavy atom. The molecule has 2 aliphatic heterocycles. The molecule has 5 heteroatoms. The summed E-state index contributed by atoms with van der Waals surface area (Å²) in [4.78, 5) is 0. The third kappa shape index (κ3) is 3.25. The van der Waals surface area contributed by atoms with Crippen LogP contribution in [0.4, 0.5) is 0 Å². The van der Waals surface area contributed by atoms with Gasteiger partial charge in [0.2, 0.25) is 0 Å². The standard InChI is InChI=1S/C11H19NO2S2/c1-11(2)5-10(6-15-8-11)12-9-3-4-16(13,14)7-9/h3-4,9-10,12H,5-8H2,1-2H3. The van der Waals surface area contributed by atoms with Gasteiger partial charge in [-0.2, -0.15) is 11.8 Å². The van der Waals surface area contributed by atoms with Crippen LogP contribution in [0.25, 0.3) is 0 Å². The van der Waals surface area contributed by atoms with Crippen LogP contribution in [0.1, 0.15) is 20.3 Å². The molecule has 2 atom stereocenters. The highest BCUT2D eigenvalue weighted by atomic mass is 32.2. The molecule has 0 radical (unpaired) electrons. The Morgan fingerprint density at radius 1 is 1.44 bits per heavy atom. The van der Waals surface area contributed by atoms with Crippen LogP contribution >= 0.6 is 11.8 Å². The van der Waals surface area contributed by atoms with Crippen LogP contribution in [0.2, 0.25) is 0 Å². The van der Waals surface area contributed by atoms with Gasteiger partial charge in [0.1, 0.15) is 0 Å². The van der Waals surface area contributed by atoms with Crippen molar-refractivity contribution in [1.29, 1.82) is 0 Å². The Kier molecular flexibility index (Phi) is 3.39. The molecule has 0 amide bonds. The summed E-state index contributed by atoms with van der Waals surface area (Å²) >= 11 is 1.96. The molecule has 0 aromatic rings. The minimum absolute atomic E-state index is 0.0181. The number of rotatable bonds is 2.